The number of hydrogen-bond acceptors (Lipinski definition) is 6. The average Bonchev–Trinajstić information content (AvgIpc) is 2.34. The van der Waals surface area contributed by atoms with Crippen LogP contribution < -0.4 is 15.1 Å². The van der Waals surface area contributed by atoms with Gasteiger partial charge in [-0.25, -0.2) is 9.65 Å². The number of nitrogens with zero attached hydrogens (tertiary/aromatic N) is 1. The molecule has 0 heterocycles. The van der Waals surface area contributed by atoms with Gasteiger partial charge < -0.3 is 9.42 Å². The van der Waals surface area contributed by atoms with Crippen LogP contribution in [0.15, 0.2) is 24.3 Å². The number of nitro groups is 1. The zero-order valence-corrected chi connectivity index (χ0v) is 13.6. The Bertz CT molecular complexity index is 607. The summed E-state index contributed by atoms with van der Waals surface area (Å²) in [6.45, 7) is -6.12. The molecule has 0 radical (unpaired) electrons. The van der Waals surface area contributed by atoms with Crippen molar-refractivity contribution < 1.29 is 23.5 Å². The summed E-state index contributed by atoms with van der Waals surface area (Å²) in [6, 6.07) is 5.30. The maximum Gasteiger partial charge on any atom is 0.384 e. The SMILES string of the molecule is CCCNP(=O)(Oc1ccccc1[N+](=O)[O-])SP(N)(=O)O. The van der Waals surface area contributed by atoms with Crippen LogP contribution in [0.2, 0.25) is 0 Å². The molecule has 0 aromatic heterocycles. The number of rotatable bonds is 8. The van der Waals surface area contributed by atoms with Crippen LogP contribution in [0.1, 0.15) is 13.3 Å². The smallest absolute Gasteiger partial charge is 0.384 e. The third-order valence-electron chi connectivity index (χ3n) is 2.06. The largest absolute Gasteiger partial charge is 0.418 e. The molecule has 0 fully saturated rings. The molecule has 118 valence electrons. The highest BCUT2D eigenvalue weighted by Crippen LogP contribution is 2.70. The molecular weight excluding hydrogens is 340 g/mol. The van der Waals surface area contributed by atoms with Crippen molar-refractivity contribution in [1.82, 2.24) is 5.09 Å². The van der Waals surface area contributed by atoms with Crippen molar-refractivity contribution in [1.29, 1.82) is 0 Å². The van der Waals surface area contributed by atoms with E-state index in [0.29, 0.717) is 6.42 Å². The summed E-state index contributed by atoms with van der Waals surface area (Å²) in [7, 11) is 0. The summed E-state index contributed by atoms with van der Waals surface area (Å²) in [5, 5.41) is 13.4. The molecule has 2 atom stereocenters. The first kappa shape index (κ1) is 18.2. The molecule has 4 N–H and O–H groups in total. The predicted octanol–water partition coefficient (Wildman–Crippen LogP) is 2.87. The lowest BCUT2D eigenvalue weighted by Crippen LogP contribution is -2.14. The van der Waals surface area contributed by atoms with Gasteiger partial charge in [0, 0.05) is 12.6 Å². The van der Waals surface area contributed by atoms with E-state index in [-0.39, 0.29) is 23.3 Å². The summed E-state index contributed by atoms with van der Waals surface area (Å²) in [6.07, 6.45) is 0.574. The fourth-order valence-corrected chi connectivity index (χ4v) is 7.97. The van der Waals surface area contributed by atoms with E-state index in [0.717, 1.165) is 0 Å². The minimum atomic E-state index is -4.21. The van der Waals surface area contributed by atoms with Gasteiger partial charge in [-0.3, -0.25) is 20.2 Å². The Labute approximate surface area is 124 Å². The summed E-state index contributed by atoms with van der Waals surface area (Å²) in [5.41, 5.74) is 4.59. The molecule has 9 nitrogen and oxygen atoms in total. The lowest BCUT2D eigenvalue weighted by molar-refractivity contribution is -0.385. The van der Waals surface area contributed by atoms with Crippen LogP contribution in [0.5, 0.6) is 5.75 Å². The van der Waals surface area contributed by atoms with Gasteiger partial charge in [0.2, 0.25) is 5.75 Å². The van der Waals surface area contributed by atoms with Gasteiger partial charge >= 0.3 is 19.1 Å². The molecule has 0 bridgehead atoms. The van der Waals surface area contributed by atoms with Gasteiger partial charge in [0.05, 0.1) is 15.9 Å². The molecule has 1 rings (SSSR count). The first-order valence-corrected chi connectivity index (χ1v) is 11.2. The molecule has 0 aliphatic heterocycles. The van der Waals surface area contributed by atoms with Crippen LogP contribution in [0.25, 0.3) is 0 Å². The maximum atomic E-state index is 12.5. The molecule has 21 heavy (non-hydrogen) atoms. The van der Waals surface area contributed by atoms with E-state index < -0.39 is 24.1 Å². The van der Waals surface area contributed by atoms with E-state index >= 15 is 0 Å². The highest BCUT2D eigenvalue weighted by atomic mass is 33.1. The highest BCUT2D eigenvalue weighted by molar-refractivity contribution is 8.85. The van der Waals surface area contributed by atoms with Gasteiger partial charge in [-0.15, -0.1) is 0 Å². The minimum absolute atomic E-state index is 0.0479. The molecule has 0 saturated carbocycles. The van der Waals surface area contributed by atoms with Gasteiger partial charge in [-0.1, -0.05) is 19.1 Å². The van der Waals surface area contributed by atoms with Gasteiger partial charge in [0.15, 0.2) is 0 Å². The number of hydrogen-bond donors (Lipinski definition) is 3. The number of para-hydroxylation sites is 2. The average molecular weight is 355 g/mol. The Morgan fingerprint density at radius 3 is 2.62 bits per heavy atom. The minimum Gasteiger partial charge on any atom is -0.418 e. The second-order valence-corrected chi connectivity index (χ2v) is 11.6. The highest BCUT2D eigenvalue weighted by Gasteiger charge is 2.35. The van der Waals surface area contributed by atoms with E-state index in [2.05, 4.69) is 5.09 Å². The second kappa shape index (κ2) is 7.40. The molecule has 2 unspecified atom stereocenters. The van der Waals surface area contributed by atoms with Crippen LogP contribution in [-0.2, 0) is 9.13 Å². The van der Waals surface area contributed by atoms with Crippen molar-refractivity contribution in [3.8, 4) is 5.75 Å². The van der Waals surface area contributed by atoms with Gasteiger partial charge in [-0.2, -0.15) is 0 Å². The Morgan fingerprint density at radius 2 is 2.10 bits per heavy atom. The summed E-state index contributed by atoms with van der Waals surface area (Å²) < 4.78 is 28.9. The molecule has 0 saturated heterocycles. The van der Waals surface area contributed by atoms with Crippen molar-refractivity contribution in [3.63, 3.8) is 0 Å². The first-order valence-electron chi connectivity index (χ1n) is 5.78. The summed E-state index contributed by atoms with van der Waals surface area (Å²) >= 11 is 0.0479. The Kier molecular flexibility index (Phi) is 6.40. The number of nitrogens with one attached hydrogen (secondary N) is 1. The van der Waals surface area contributed by atoms with E-state index in [1.54, 1.807) is 6.92 Å². The monoisotopic (exact) mass is 355 g/mol. The third kappa shape index (κ3) is 6.17. The fraction of sp³-hybridized carbons (Fsp3) is 0.333. The van der Waals surface area contributed by atoms with Crippen molar-refractivity contribution in [2.45, 2.75) is 13.3 Å². The Hall–Kier alpha value is -0.890. The van der Waals surface area contributed by atoms with Gasteiger partial charge in [-0.05, 0) is 12.5 Å². The molecule has 1 aromatic rings. The normalized spacial score (nSPS) is 16.7. The summed E-state index contributed by atoms with van der Waals surface area (Å²) in [5.74, 6) is -0.268. The van der Waals surface area contributed by atoms with E-state index in [4.69, 9.17) is 10.0 Å². The van der Waals surface area contributed by atoms with Crippen LogP contribution >= 0.6 is 24.4 Å². The third-order valence-corrected chi connectivity index (χ3v) is 9.56. The predicted molar refractivity (Wildman–Crippen MR) is 81.2 cm³/mol. The quantitative estimate of drug-likeness (QED) is 0.364. The van der Waals surface area contributed by atoms with Gasteiger partial charge in [0.25, 0.3) is 0 Å². The number of benzene rings is 1. The van der Waals surface area contributed by atoms with E-state index in [1.165, 1.54) is 24.3 Å². The molecule has 0 aliphatic rings. The van der Waals surface area contributed by atoms with Crippen molar-refractivity contribution in [3.05, 3.63) is 34.4 Å². The molecule has 0 spiro atoms. The van der Waals surface area contributed by atoms with Crippen LogP contribution in [0.3, 0.4) is 0 Å². The molecule has 12 heteroatoms. The van der Waals surface area contributed by atoms with Crippen LogP contribution in [0.4, 0.5) is 5.69 Å². The van der Waals surface area contributed by atoms with Crippen LogP contribution in [0, 0.1) is 10.1 Å². The second-order valence-electron chi connectivity index (χ2n) is 3.87. The lowest BCUT2D eigenvalue weighted by Gasteiger charge is -2.19. The van der Waals surface area contributed by atoms with Crippen molar-refractivity contribution in [2.24, 2.45) is 5.50 Å². The zero-order valence-electron chi connectivity index (χ0n) is 11.0. The zero-order chi connectivity index (χ0) is 16.1. The standard InChI is InChI=1S/C9H15N3O6P2S/c1-2-7-11-20(17,21-19(10,15)16)18-9-6-4-3-5-8(9)12(13)14/h3-6H,2,7H2,1H3,(H,11,17)(H3,10,15,16). The van der Waals surface area contributed by atoms with Crippen LogP contribution in [-0.4, -0.2) is 16.4 Å². The maximum absolute atomic E-state index is 12.5. The Balaban J connectivity index is 3.10. The van der Waals surface area contributed by atoms with Crippen molar-refractivity contribution >= 4 is 30.1 Å². The number of nitrogens with two attached hydrogens (primary N) is 1. The fourth-order valence-electron chi connectivity index (χ4n) is 1.30. The molecule has 0 amide bonds. The molecule has 1 aromatic carbocycles. The molecular formula is C9H15N3O6P2S. The Morgan fingerprint density at radius 1 is 1.48 bits per heavy atom. The van der Waals surface area contributed by atoms with E-state index in [1.807, 2.05) is 0 Å². The number of nitro benzene ring substituents is 1. The summed E-state index contributed by atoms with van der Waals surface area (Å²) in [4.78, 5) is 19.4. The topological polar surface area (TPSA) is 145 Å². The lowest BCUT2D eigenvalue weighted by atomic mass is 10.3. The van der Waals surface area contributed by atoms with E-state index in [9.17, 15) is 24.1 Å². The first-order chi connectivity index (χ1) is 9.67. The van der Waals surface area contributed by atoms with Crippen molar-refractivity contribution in [2.75, 3.05) is 6.54 Å². The van der Waals surface area contributed by atoms with Gasteiger partial charge in [0.1, 0.15) is 0 Å². The molecule has 0 aliphatic carbocycles.